The molecule has 0 atom stereocenters. The van der Waals surface area contributed by atoms with Crippen molar-refractivity contribution in [3.05, 3.63) is 34.6 Å². The Labute approximate surface area is 112 Å². The smallest absolute Gasteiger partial charge is 0.127 e. The van der Waals surface area contributed by atoms with Crippen molar-refractivity contribution in [2.24, 2.45) is 0 Å². The minimum atomic E-state index is -0.233. The fraction of sp³-hybridized carbons (Fsp3) is 0.538. The molecule has 0 unspecified atom stereocenters. The summed E-state index contributed by atoms with van der Waals surface area (Å²) in [5.41, 5.74) is 0.586. The first kappa shape index (κ1) is 15.4. The van der Waals surface area contributed by atoms with Gasteiger partial charge in [-0.15, -0.1) is 0 Å². The van der Waals surface area contributed by atoms with Crippen LogP contribution < -0.4 is 5.32 Å². The van der Waals surface area contributed by atoms with Crippen molar-refractivity contribution in [1.29, 1.82) is 0 Å². The van der Waals surface area contributed by atoms with Gasteiger partial charge in [0.1, 0.15) is 5.82 Å². The third-order valence-corrected chi connectivity index (χ3v) is 2.63. The van der Waals surface area contributed by atoms with Crippen molar-refractivity contribution >= 4 is 11.6 Å². The second-order valence-electron chi connectivity index (χ2n) is 3.87. The minimum Gasteiger partial charge on any atom is -0.382 e. The van der Waals surface area contributed by atoms with E-state index >= 15 is 0 Å². The van der Waals surface area contributed by atoms with Crippen LogP contribution in [0, 0.1) is 5.82 Å². The molecule has 0 aliphatic carbocycles. The molecule has 0 fully saturated rings. The maximum atomic E-state index is 13.3. The molecule has 1 aromatic rings. The number of methoxy groups -OCH3 is 1. The van der Waals surface area contributed by atoms with Crippen molar-refractivity contribution in [3.63, 3.8) is 0 Å². The first-order valence-corrected chi connectivity index (χ1v) is 6.33. The van der Waals surface area contributed by atoms with Crippen LogP contribution in [-0.2, 0) is 16.0 Å². The van der Waals surface area contributed by atoms with E-state index in [1.54, 1.807) is 19.2 Å². The SMILES string of the molecule is COCCOCCCNCc1cc(Cl)ccc1F. The summed E-state index contributed by atoms with van der Waals surface area (Å²) in [5, 5.41) is 3.70. The maximum absolute atomic E-state index is 13.3. The fourth-order valence-corrected chi connectivity index (χ4v) is 1.64. The molecule has 0 bridgehead atoms. The molecule has 5 heteroatoms. The molecule has 0 saturated heterocycles. The molecule has 0 radical (unpaired) electrons. The third kappa shape index (κ3) is 6.31. The van der Waals surface area contributed by atoms with E-state index < -0.39 is 0 Å². The highest BCUT2D eigenvalue weighted by molar-refractivity contribution is 6.30. The Morgan fingerprint density at radius 2 is 2.11 bits per heavy atom. The number of benzene rings is 1. The average Bonchev–Trinajstić information content (AvgIpc) is 2.36. The highest BCUT2D eigenvalue weighted by Crippen LogP contribution is 2.14. The molecule has 0 amide bonds. The number of halogens is 2. The Balaban J connectivity index is 2.09. The summed E-state index contributed by atoms with van der Waals surface area (Å²) in [7, 11) is 1.64. The van der Waals surface area contributed by atoms with Crippen molar-refractivity contribution in [2.75, 3.05) is 33.5 Å². The van der Waals surface area contributed by atoms with Crippen molar-refractivity contribution in [3.8, 4) is 0 Å². The number of nitrogens with one attached hydrogen (secondary N) is 1. The van der Waals surface area contributed by atoms with Crippen LogP contribution in [0.25, 0.3) is 0 Å². The normalized spacial score (nSPS) is 10.8. The van der Waals surface area contributed by atoms with Crippen LogP contribution >= 0.6 is 11.6 Å². The predicted octanol–water partition coefficient (Wildman–Crippen LogP) is 2.62. The zero-order valence-electron chi connectivity index (χ0n) is 10.5. The van der Waals surface area contributed by atoms with Gasteiger partial charge in [0.15, 0.2) is 0 Å². The Morgan fingerprint density at radius 1 is 1.28 bits per heavy atom. The molecule has 1 N–H and O–H groups in total. The van der Waals surface area contributed by atoms with Crippen LogP contribution in [0.2, 0.25) is 5.02 Å². The molecular weight excluding hydrogens is 257 g/mol. The Hall–Kier alpha value is -0.680. The summed E-state index contributed by atoms with van der Waals surface area (Å²) >= 11 is 5.80. The average molecular weight is 276 g/mol. The van der Waals surface area contributed by atoms with Crippen LogP contribution in [0.5, 0.6) is 0 Å². The van der Waals surface area contributed by atoms with E-state index in [-0.39, 0.29) is 5.82 Å². The van der Waals surface area contributed by atoms with Crippen LogP contribution in [0.4, 0.5) is 4.39 Å². The lowest BCUT2D eigenvalue weighted by Gasteiger charge is -2.07. The van der Waals surface area contributed by atoms with Gasteiger partial charge in [0.2, 0.25) is 0 Å². The van der Waals surface area contributed by atoms with Gasteiger partial charge in [-0.05, 0) is 31.2 Å². The molecule has 3 nitrogen and oxygen atoms in total. The molecule has 0 heterocycles. The fourth-order valence-electron chi connectivity index (χ4n) is 1.45. The van der Waals surface area contributed by atoms with E-state index in [0.717, 1.165) is 13.0 Å². The molecule has 0 aromatic heterocycles. The number of hydrogen-bond acceptors (Lipinski definition) is 3. The lowest BCUT2D eigenvalue weighted by atomic mass is 10.2. The van der Waals surface area contributed by atoms with Crippen molar-refractivity contribution in [2.45, 2.75) is 13.0 Å². The summed E-state index contributed by atoms with van der Waals surface area (Å²) in [6, 6.07) is 4.57. The lowest BCUT2D eigenvalue weighted by molar-refractivity contribution is 0.0694. The molecule has 0 saturated carbocycles. The largest absolute Gasteiger partial charge is 0.382 e. The molecule has 1 rings (SSSR count). The summed E-state index contributed by atoms with van der Waals surface area (Å²) in [6.07, 6.45) is 0.881. The highest BCUT2D eigenvalue weighted by Gasteiger charge is 2.02. The summed E-state index contributed by atoms with van der Waals surface area (Å²) in [5.74, 6) is -0.233. The van der Waals surface area contributed by atoms with E-state index in [1.165, 1.54) is 6.07 Å². The molecular formula is C13H19ClFNO2. The highest BCUT2D eigenvalue weighted by atomic mass is 35.5. The van der Waals surface area contributed by atoms with Gasteiger partial charge in [-0.25, -0.2) is 4.39 Å². The van der Waals surface area contributed by atoms with Gasteiger partial charge in [0, 0.05) is 30.8 Å². The van der Waals surface area contributed by atoms with Crippen LogP contribution in [-0.4, -0.2) is 33.5 Å². The third-order valence-electron chi connectivity index (χ3n) is 2.40. The van der Waals surface area contributed by atoms with Crippen molar-refractivity contribution in [1.82, 2.24) is 5.32 Å². The zero-order chi connectivity index (χ0) is 13.2. The topological polar surface area (TPSA) is 30.5 Å². The Bertz CT molecular complexity index is 350. The minimum absolute atomic E-state index is 0.233. The van der Waals surface area contributed by atoms with Gasteiger partial charge in [-0.3, -0.25) is 0 Å². The Morgan fingerprint density at radius 3 is 2.89 bits per heavy atom. The van der Waals surface area contributed by atoms with Gasteiger partial charge >= 0.3 is 0 Å². The standard InChI is InChI=1S/C13H19ClFNO2/c1-17-7-8-18-6-2-5-16-10-11-9-12(14)3-4-13(11)15/h3-4,9,16H,2,5-8,10H2,1H3. The van der Waals surface area contributed by atoms with Crippen LogP contribution in [0.15, 0.2) is 18.2 Å². The van der Waals surface area contributed by atoms with Gasteiger partial charge in [-0.1, -0.05) is 11.6 Å². The zero-order valence-corrected chi connectivity index (χ0v) is 11.3. The monoisotopic (exact) mass is 275 g/mol. The quantitative estimate of drug-likeness (QED) is 0.703. The first-order valence-electron chi connectivity index (χ1n) is 5.95. The van der Waals surface area contributed by atoms with Gasteiger partial charge in [-0.2, -0.15) is 0 Å². The van der Waals surface area contributed by atoms with Gasteiger partial charge in [0.05, 0.1) is 13.2 Å². The van der Waals surface area contributed by atoms with E-state index in [0.29, 0.717) is 37.0 Å². The molecule has 18 heavy (non-hydrogen) atoms. The van der Waals surface area contributed by atoms with E-state index in [9.17, 15) is 4.39 Å². The number of rotatable bonds is 9. The molecule has 1 aromatic carbocycles. The second-order valence-corrected chi connectivity index (χ2v) is 4.31. The maximum Gasteiger partial charge on any atom is 0.127 e. The Kier molecular flexibility index (Phi) is 7.93. The molecule has 0 aliphatic heterocycles. The van der Waals surface area contributed by atoms with Crippen LogP contribution in [0.1, 0.15) is 12.0 Å². The number of ether oxygens (including phenoxy) is 2. The molecule has 0 aliphatic rings. The molecule has 0 spiro atoms. The number of hydrogen-bond donors (Lipinski definition) is 1. The van der Waals surface area contributed by atoms with E-state index in [2.05, 4.69) is 5.32 Å². The lowest BCUT2D eigenvalue weighted by Crippen LogP contribution is -2.17. The summed E-state index contributed by atoms with van der Waals surface area (Å²) in [4.78, 5) is 0. The first-order chi connectivity index (χ1) is 8.74. The second kappa shape index (κ2) is 9.28. The predicted molar refractivity (Wildman–Crippen MR) is 70.4 cm³/mol. The van der Waals surface area contributed by atoms with E-state index in [4.69, 9.17) is 21.1 Å². The van der Waals surface area contributed by atoms with Gasteiger partial charge < -0.3 is 14.8 Å². The van der Waals surface area contributed by atoms with Crippen LogP contribution in [0.3, 0.4) is 0 Å². The summed E-state index contributed by atoms with van der Waals surface area (Å²) < 4.78 is 23.5. The molecule has 102 valence electrons. The van der Waals surface area contributed by atoms with Crippen molar-refractivity contribution < 1.29 is 13.9 Å². The van der Waals surface area contributed by atoms with E-state index in [1.807, 2.05) is 0 Å². The summed E-state index contributed by atoms with van der Waals surface area (Å²) in [6.45, 7) is 3.15. The van der Waals surface area contributed by atoms with Gasteiger partial charge in [0.25, 0.3) is 0 Å².